The van der Waals surface area contributed by atoms with Gasteiger partial charge in [-0.1, -0.05) is 20.8 Å². The molecule has 1 rings (SSSR count). The first-order valence-corrected chi connectivity index (χ1v) is 5.80. The summed E-state index contributed by atoms with van der Waals surface area (Å²) < 4.78 is 0. The van der Waals surface area contributed by atoms with Crippen LogP contribution in [-0.2, 0) is 4.79 Å². The van der Waals surface area contributed by atoms with Gasteiger partial charge >= 0.3 is 0 Å². The van der Waals surface area contributed by atoms with Crippen LogP contribution >= 0.6 is 0 Å². The minimum Gasteiger partial charge on any atom is -0.356 e. The Balaban J connectivity index is 2.19. The highest BCUT2D eigenvalue weighted by Crippen LogP contribution is 2.37. The third-order valence-corrected chi connectivity index (χ3v) is 3.37. The molecule has 1 aliphatic rings. The molecular formula is C12H23NO. The lowest BCUT2D eigenvalue weighted by atomic mass is 9.73. The van der Waals surface area contributed by atoms with E-state index in [9.17, 15) is 4.79 Å². The third kappa shape index (κ3) is 3.69. The maximum Gasteiger partial charge on any atom is 0.219 e. The van der Waals surface area contributed by atoms with Gasteiger partial charge in [-0.25, -0.2) is 0 Å². The summed E-state index contributed by atoms with van der Waals surface area (Å²) in [7, 11) is 0. The zero-order valence-corrected chi connectivity index (χ0v) is 9.73. The van der Waals surface area contributed by atoms with E-state index in [0.717, 1.165) is 12.5 Å². The first-order valence-electron chi connectivity index (χ1n) is 5.80. The maximum absolute atomic E-state index is 11.1. The number of carbonyl (C=O) groups excluding carboxylic acids is 1. The molecule has 0 unspecified atom stereocenters. The molecule has 0 spiro atoms. The second-order valence-corrected chi connectivity index (χ2v) is 5.27. The van der Waals surface area contributed by atoms with Crippen molar-refractivity contribution in [1.29, 1.82) is 0 Å². The molecule has 0 saturated heterocycles. The molecule has 0 radical (unpaired) electrons. The second kappa shape index (κ2) is 4.81. The highest BCUT2D eigenvalue weighted by molar-refractivity contribution is 5.75. The third-order valence-electron chi connectivity index (χ3n) is 3.37. The van der Waals surface area contributed by atoms with Crippen molar-refractivity contribution >= 4 is 5.91 Å². The van der Waals surface area contributed by atoms with Crippen LogP contribution in [0.5, 0.6) is 0 Å². The Bertz CT molecular complexity index is 188. The van der Waals surface area contributed by atoms with Gasteiger partial charge in [0.25, 0.3) is 0 Å². The van der Waals surface area contributed by atoms with Crippen molar-refractivity contribution < 1.29 is 4.79 Å². The van der Waals surface area contributed by atoms with Crippen LogP contribution in [0, 0.1) is 11.3 Å². The summed E-state index contributed by atoms with van der Waals surface area (Å²) in [5.41, 5.74) is 0.533. The molecule has 82 valence electrons. The van der Waals surface area contributed by atoms with Crippen molar-refractivity contribution in [2.45, 2.75) is 52.9 Å². The summed E-state index contributed by atoms with van der Waals surface area (Å²) in [4.78, 5) is 11.1. The second-order valence-electron chi connectivity index (χ2n) is 5.27. The Morgan fingerprint density at radius 1 is 1.36 bits per heavy atom. The fraction of sp³-hybridized carbons (Fsp3) is 0.917. The van der Waals surface area contributed by atoms with Crippen LogP contribution in [0.25, 0.3) is 0 Å². The molecule has 0 aromatic rings. The number of nitrogens with one attached hydrogen (secondary N) is 1. The number of hydrogen-bond donors (Lipinski definition) is 1. The van der Waals surface area contributed by atoms with Crippen LogP contribution in [0.2, 0.25) is 0 Å². The van der Waals surface area contributed by atoms with Gasteiger partial charge in [0, 0.05) is 13.0 Å². The normalized spacial score (nSPS) is 21.9. The minimum absolute atomic E-state index is 0.190. The zero-order chi connectivity index (χ0) is 10.6. The van der Waals surface area contributed by atoms with Crippen LogP contribution in [0.3, 0.4) is 0 Å². The standard InChI is InChI=1S/C12H23NO/c1-4-11(14)13-9-10-5-7-12(2,3)8-6-10/h10H,4-9H2,1-3H3,(H,13,14). The summed E-state index contributed by atoms with van der Waals surface area (Å²) in [6, 6.07) is 0. The number of rotatable bonds is 3. The van der Waals surface area contributed by atoms with Gasteiger partial charge in [-0.05, 0) is 37.0 Å². The molecule has 0 aliphatic heterocycles. The highest BCUT2D eigenvalue weighted by atomic mass is 16.1. The first-order chi connectivity index (χ1) is 6.53. The van der Waals surface area contributed by atoms with E-state index >= 15 is 0 Å². The van der Waals surface area contributed by atoms with E-state index < -0.39 is 0 Å². The molecule has 0 aromatic carbocycles. The van der Waals surface area contributed by atoms with Gasteiger partial charge in [-0.15, -0.1) is 0 Å². The molecule has 2 heteroatoms. The van der Waals surface area contributed by atoms with Crippen LogP contribution in [0.1, 0.15) is 52.9 Å². The topological polar surface area (TPSA) is 29.1 Å². The van der Waals surface area contributed by atoms with Crippen LogP contribution in [-0.4, -0.2) is 12.5 Å². The number of carbonyl (C=O) groups is 1. The Hall–Kier alpha value is -0.530. The lowest BCUT2D eigenvalue weighted by Gasteiger charge is -2.34. The van der Waals surface area contributed by atoms with Gasteiger partial charge in [-0.2, -0.15) is 0 Å². The summed E-state index contributed by atoms with van der Waals surface area (Å²) in [6.45, 7) is 7.48. The molecule has 1 amide bonds. The molecule has 1 aliphatic carbocycles. The van der Waals surface area contributed by atoms with Crippen LogP contribution in [0.15, 0.2) is 0 Å². The van der Waals surface area contributed by atoms with Crippen molar-refractivity contribution in [2.75, 3.05) is 6.54 Å². The lowest BCUT2D eigenvalue weighted by Crippen LogP contribution is -2.32. The average molecular weight is 197 g/mol. The maximum atomic E-state index is 11.1. The molecule has 0 bridgehead atoms. The van der Waals surface area contributed by atoms with E-state index in [1.54, 1.807) is 0 Å². The molecule has 1 fully saturated rings. The Labute approximate surface area is 87.5 Å². The summed E-state index contributed by atoms with van der Waals surface area (Å²) in [5, 5.41) is 2.99. The van der Waals surface area contributed by atoms with Gasteiger partial charge in [-0.3, -0.25) is 4.79 Å². The monoisotopic (exact) mass is 197 g/mol. The molecule has 0 heterocycles. The fourth-order valence-corrected chi connectivity index (χ4v) is 2.05. The summed E-state index contributed by atoms with van der Waals surface area (Å²) in [5.74, 6) is 0.911. The summed E-state index contributed by atoms with van der Waals surface area (Å²) in [6.07, 6.45) is 5.77. The van der Waals surface area contributed by atoms with E-state index in [2.05, 4.69) is 19.2 Å². The predicted molar refractivity (Wildman–Crippen MR) is 59.0 cm³/mol. The fourth-order valence-electron chi connectivity index (χ4n) is 2.05. The van der Waals surface area contributed by atoms with Gasteiger partial charge in [0.2, 0.25) is 5.91 Å². The lowest BCUT2D eigenvalue weighted by molar-refractivity contribution is -0.121. The van der Waals surface area contributed by atoms with Gasteiger partial charge < -0.3 is 5.32 Å². The summed E-state index contributed by atoms with van der Waals surface area (Å²) >= 11 is 0. The van der Waals surface area contributed by atoms with Crippen molar-refractivity contribution in [3.8, 4) is 0 Å². The molecule has 1 N–H and O–H groups in total. The highest BCUT2D eigenvalue weighted by Gasteiger charge is 2.26. The molecule has 0 atom stereocenters. The minimum atomic E-state index is 0.190. The van der Waals surface area contributed by atoms with Crippen molar-refractivity contribution in [3.05, 3.63) is 0 Å². The Kier molecular flexibility index (Phi) is 3.97. The molecule has 14 heavy (non-hydrogen) atoms. The largest absolute Gasteiger partial charge is 0.356 e. The number of hydrogen-bond acceptors (Lipinski definition) is 1. The van der Waals surface area contributed by atoms with Crippen molar-refractivity contribution in [1.82, 2.24) is 5.32 Å². The molecule has 2 nitrogen and oxygen atoms in total. The van der Waals surface area contributed by atoms with Gasteiger partial charge in [0.1, 0.15) is 0 Å². The van der Waals surface area contributed by atoms with Crippen molar-refractivity contribution in [3.63, 3.8) is 0 Å². The van der Waals surface area contributed by atoms with E-state index in [0.29, 0.717) is 11.8 Å². The number of amides is 1. The van der Waals surface area contributed by atoms with Crippen LogP contribution in [0.4, 0.5) is 0 Å². The molecular weight excluding hydrogens is 174 g/mol. The van der Waals surface area contributed by atoms with Crippen LogP contribution < -0.4 is 5.32 Å². The van der Waals surface area contributed by atoms with E-state index in [1.807, 2.05) is 6.92 Å². The zero-order valence-electron chi connectivity index (χ0n) is 9.73. The van der Waals surface area contributed by atoms with Gasteiger partial charge in [0.15, 0.2) is 0 Å². The van der Waals surface area contributed by atoms with Crippen molar-refractivity contribution in [2.24, 2.45) is 11.3 Å². The Morgan fingerprint density at radius 3 is 2.43 bits per heavy atom. The predicted octanol–water partition coefficient (Wildman–Crippen LogP) is 2.73. The smallest absolute Gasteiger partial charge is 0.219 e. The average Bonchev–Trinajstić information content (AvgIpc) is 2.16. The molecule has 0 aromatic heterocycles. The van der Waals surface area contributed by atoms with E-state index in [4.69, 9.17) is 0 Å². The first kappa shape index (κ1) is 11.5. The quantitative estimate of drug-likeness (QED) is 0.740. The van der Waals surface area contributed by atoms with E-state index in [1.165, 1.54) is 25.7 Å². The molecule has 1 saturated carbocycles. The van der Waals surface area contributed by atoms with Gasteiger partial charge in [0.05, 0.1) is 0 Å². The van der Waals surface area contributed by atoms with E-state index in [-0.39, 0.29) is 5.91 Å². The SMILES string of the molecule is CCC(=O)NCC1CCC(C)(C)CC1. The Morgan fingerprint density at radius 2 is 1.93 bits per heavy atom.